The highest BCUT2D eigenvalue weighted by Crippen LogP contribution is 2.33. The van der Waals surface area contributed by atoms with Crippen LogP contribution in [0.25, 0.3) is 10.2 Å². The Morgan fingerprint density at radius 3 is 3.00 bits per heavy atom. The van der Waals surface area contributed by atoms with Crippen LogP contribution < -0.4 is 11.0 Å². The first-order chi connectivity index (χ1) is 13.1. The van der Waals surface area contributed by atoms with E-state index in [1.165, 1.54) is 22.0 Å². The molecule has 6 nitrogen and oxygen atoms in total. The van der Waals surface area contributed by atoms with Gasteiger partial charge in [0.1, 0.15) is 11.4 Å². The zero-order chi connectivity index (χ0) is 18.8. The average molecular weight is 401 g/mol. The number of fused-ring (bicyclic) bond motifs is 3. The van der Waals surface area contributed by atoms with Crippen molar-refractivity contribution < 1.29 is 4.79 Å². The second-order valence-electron chi connectivity index (χ2n) is 6.38. The lowest BCUT2D eigenvalue weighted by Gasteiger charge is -2.10. The highest BCUT2D eigenvalue weighted by atomic mass is 35.5. The fraction of sp³-hybridized carbons (Fsp3) is 0.263. The third-order valence-corrected chi connectivity index (χ3v) is 6.10. The number of carbonyl (C=O) groups is 1. The minimum absolute atomic E-state index is 0.133. The normalized spacial score (nSPS) is 13.8. The number of nitrogens with one attached hydrogen (secondary N) is 1. The summed E-state index contributed by atoms with van der Waals surface area (Å²) in [5.74, 6) is -0.398. The molecule has 138 valence electrons. The monoisotopic (exact) mass is 400 g/mol. The van der Waals surface area contributed by atoms with Gasteiger partial charge in [-0.25, -0.2) is 10.4 Å². The van der Waals surface area contributed by atoms with Crippen molar-refractivity contribution in [3.8, 4) is 0 Å². The van der Waals surface area contributed by atoms with E-state index in [0.29, 0.717) is 16.0 Å². The molecule has 4 rings (SSSR count). The van der Waals surface area contributed by atoms with E-state index in [4.69, 9.17) is 11.6 Å². The fourth-order valence-corrected chi connectivity index (χ4v) is 4.64. The number of hydrogen-bond donors (Lipinski definition) is 1. The Labute approximate surface area is 164 Å². The van der Waals surface area contributed by atoms with Crippen molar-refractivity contribution in [3.05, 3.63) is 62.0 Å². The molecule has 0 bridgehead atoms. The Morgan fingerprint density at radius 1 is 1.33 bits per heavy atom. The molecule has 2 aromatic heterocycles. The number of hydrazone groups is 1. The first-order valence-corrected chi connectivity index (χ1v) is 9.89. The lowest BCUT2D eigenvalue weighted by atomic mass is 9.97. The quantitative estimate of drug-likeness (QED) is 0.540. The lowest BCUT2D eigenvalue weighted by molar-refractivity contribution is -0.121. The summed E-state index contributed by atoms with van der Waals surface area (Å²) < 4.78 is 1.34. The van der Waals surface area contributed by atoms with Gasteiger partial charge in [-0.2, -0.15) is 5.10 Å². The number of benzene rings is 1. The number of aryl methyl sites for hydroxylation is 2. The van der Waals surface area contributed by atoms with Crippen LogP contribution in [0.2, 0.25) is 5.02 Å². The van der Waals surface area contributed by atoms with Crippen molar-refractivity contribution >= 4 is 45.3 Å². The van der Waals surface area contributed by atoms with E-state index in [2.05, 4.69) is 15.5 Å². The van der Waals surface area contributed by atoms with Crippen LogP contribution in [-0.4, -0.2) is 21.7 Å². The smallest absolute Gasteiger partial charge is 0.262 e. The Kier molecular flexibility index (Phi) is 5.05. The topological polar surface area (TPSA) is 76.3 Å². The van der Waals surface area contributed by atoms with E-state index >= 15 is 0 Å². The molecule has 0 fully saturated rings. The van der Waals surface area contributed by atoms with Gasteiger partial charge in [0.05, 0.1) is 17.9 Å². The maximum Gasteiger partial charge on any atom is 0.262 e. The number of halogens is 1. The maximum absolute atomic E-state index is 12.8. The molecule has 0 radical (unpaired) electrons. The van der Waals surface area contributed by atoms with Gasteiger partial charge in [-0.05, 0) is 37.3 Å². The molecule has 8 heteroatoms. The fourth-order valence-electron chi connectivity index (χ4n) is 3.24. The third-order valence-electron chi connectivity index (χ3n) is 4.55. The van der Waals surface area contributed by atoms with Gasteiger partial charge >= 0.3 is 0 Å². The van der Waals surface area contributed by atoms with Crippen molar-refractivity contribution in [3.63, 3.8) is 0 Å². The second kappa shape index (κ2) is 7.62. The number of hydrogen-bond acceptors (Lipinski definition) is 5. The van der Waals surface area contributed by atoms with Crippen LogP contribution >= 0.6 is 22.9 Å². The van der Waals surface area contributed by atoms with Crippen molar-refractivity contribution in [2.24, 2.45) is 5.10 Å². The highest BCUT2D eigenvalue weighted by molar-refractivity contribution is 7.18. The Balaban J connectivity index is 1.51. The summed E-state index contributed by atoms with van der Waals surface area (Å²) in [4.78, 5) is 31.4. The SMILES string of the molecule is O=C(Cn1cnc2sc3c(c2c1=O)CCCC3)N/N=C\c1ccccc1Cl. The molecule has 0 spiro atoms. The Morgan fingerprint density at radius 2 is 2.15 bits per heavy atom. The van der Waals surface area contributed by atoms with Crippen molar-refractivity contribution in [2.75, 3.05) is 0 Å². The zero-order valence-electron chi connectivity index (χ0n) is 14.4. The van der Waals surface area contributed by atoms with Crippen LogP contribution in [0.5, 0.6) is 0 Å². The molecule has 27 heavy (non-hydrogen) atoms. The van der Waals surface area contributed by atoms with Gasteiger partial charge in [0.2, 0.25) is 0 Å². The first kappa shape index (κ1) is 17.9. The molecule has 3 aromatic rings. The maximum atomic E-state index is 12.8. The number of carbonyl (C=O) groups excluding carboxylic acids is 1. The predicted molar refractivity (Wildman–Crippen MR) is 108 cm³/mol. The molecule has 1 aromatic carbocycles. The second-order valence-corrected chi connectivity index (χ2v) is 7.87. The molecule has 0 saturated carbocycles. The van der Waals surface area contributed by atoms with E-state index in [9.17, 15) is 9.59 Å². The van der Waals surface area contributed by atoms with Gasteiger partial charge in [0, 0.05) is 15.5 Å². The average Bonchev–Trinajstić information content (AvgIpc) is 3.05. The van der Waals surface area contributed by atoms with Gasteiger partial charge in [0.15, 0.2) is 0 Å². The molecule has 1 amide bonds. The largest absolute Gasteiger partial charge is 0.289 e. The zero-order valence-corrected chi connectivity index (χ0v) is 16.0. The Hall–Kier alpha value is -2.51. The summed E-state index contributed by atoms with van der Waals surface area (Å²) >= 11 is 7.63. The summed E-state index contributed by atoms with van der Waals surface area (Å²) in [6, 6.07) is 7.18. The van der Waals surface area contributed by atoms with E-state index in [-0.39, 0.29) is 12.1 Å². The summed E-state index contributed by atoms with van der Waals surface area (Å²) in [5.41, 5.74) is 4.08. The molecule has 1 aliphatic rings. The number of aromatic nitrogens is 2. The van der Waals surface area contributed by atoms with E-state index < -0.39 is 5.91 Å². The molecule has 0 unspecified atom stereocenters. The van der Waals surface area contributed by atoms with Gasteiger partial charge < -0.3 is 0 Å². The summed E-state index contributed by atoms with van der Waals surface area (Å²) in [6.07, 6.45) is 7.06. The van der Waals surface area contributed by atoms with Crippen molar-refractivity contribution in [1.82, 2.24) is 15.0 Å². The minimum atomic E-state index is -0.398. The van der Waals surface area contributed by atoms with Gasteiger partial charge in [-0.15, -0.1) is 11.3 Å². The molecule has 0 atom stereocenters. The van der Waals surface area contributed by atoms with Gasteiger partial charge in [0.25, 0.3) is 11.5 Å². The number of nitrogens with zero attached hydrogens (tertiary/aromatic N) is 3. The Bertz CT molecular complexity index is 1100. The standard InChI is InChI=1S/C19H17ClN4O2S/c20-14-7-3-1-5-12(14)9-22-23-16(25)10-24-11-21-18-17(19(24)26)13-6-2-4-8-15(13)27-18/h1,3,5,7,9,11H,2,4,6,8,10H2,(H,23,25)/b22-9-. The number of rotatable bonds is 4. The van der Waals surface area contributed by atoms with Crippen LogP contribution in [0.1, 0.15) is 28.8 Å². The molecule has 1 N–H and O–H groups in total. The highest BCUT2D eigenvalue weighted by Gasteiger charge is 2.20. The van der Waals surface area contributed by atoms with E-state index in [1.807, 2.05) is 12.1 Å². The summed E-state index contributed by atoms with van der Waals surface area (Å²) in [6.45, 7) is -0.133. The predicted octanol–water partition coefficient (Wildman–Crippen LogP) is 3.14. The number of thiophene rings is 1. The van der Waals surface area contributed by atoms with E-state index in [1.54, 1.807) is 23.5 Å². The third kappa shape index (κ3) is 3.65. The summed E-state index contributed by atoms with van der Waals surface area (Å²) in [5, 5.41) is 5.12. The summed E-state index contributed by atoms with van der Waals surface area (Å²) in [7, 11) is 0. The molecule has 0 aliphatic heterocycles. The lowest BCUT2D eigenvalue weighted by Crippen LogP contribution is -2.30. The van der Waals surface area contributed by atoms with Crippen LogP contribution in [0.15, 0.2) is 40.5 Å². The first-order valence-electron chi connectivity index (χ1n) is 8.69. The molecule has 0 saturated heterocycles. The van der Waals surface area contributed by atoms with E-state index in [0.717, 1.165) is 36.1 Å². The van der Waals surface area contributed by atoms with Crippen LogP contribution in [0.4, 0.5) is 0 Å². The van der Waals surface area contributed by atoms with Crippen LogP contribution in [0, 0.1) is 0 Å². The minimum Gasteiger partial charge on any atom is -0.289 e. The van der Waals surface area contributed by atoms with Crippen LogP contribution in [0.3, 0.4) is 0 Å². The van der Waals surface area contributed by atoms with Crippen molar-refractivity contribution in [2.45, 2.75) is 32.2 Å². The van der Waals surface area contributed by atoms with Crippen molar-refractivity contribution in [1.29, 1.82) is 0 Å². The molecular weight excluding hydrogens is 384 g/mol. The molecule has 1 aliphatic carbocycles. The van der Waals surface area contributed by atoms with Gasteiger partial charge in [-0.1, -0.05) is 29.8 Å². The number of amides is 1. The molecule has 2 heterocycles. The van der Waals surface area contributed by atoms with Crippen LogP contribution in [-0.2, 0) is 24.2 Å². The van der Waals surface area contributed by atoms with Gasteiger partial charge in [-0.3, -0.25) is 14.2 Å². The molecular formula is C19H17ClN4O2S.